The third-order valence-corrected chi connectivity index (χ3v) is 2.98. The van der Waals surface area contributed by atoms with Crippen molar-refractivity contribution in [3.8, 4) is 11.8 Å². The number of benzene rings is 1. The Morgan fingerprint density at radius 1 is 1.20 bits per heavy atom. The summed E-state index contributed by atoms with van der Waals surface area (Å²) in [6.45, 7) is 0.0801. The zero-order chi connectivity index (χ0) is 14.7. The number of hydrogen-bond donors (Lipinski definition) is 0. The van der Waals surface area contributed by atoms with Gasteiger partial charge in [0, 0.05) is 20.2 Å². The lowest BCUT2D eigenvalue weighted by molar-refractivity contribution is 0.293. The Labute approximate surface area is 115 Å². The van der Waals surface area contributed by atoms with Crippen LogP contribution in [-0.4, -0.2) is 9.13 Å². The number of ether oxygens (including phenoxy) is 1. The molecular weight excluding hydrogens is 258 g/mol. The fraction of sp³-hybridized carbons (Fsp3) is 0.214. The molecule has 0 amide bonds. The molecule has 0 fully saturated rings. The predicted octanol–water partition coefficient (Wildman–Crippen LogP) is 0.535. The molecule has 1 heterocycles. The third-order valence-electron chi connectivity index (χ3n) is 2.98. The highest BCUT2D eigenvalue weighted by Crippen LogP contribution is 2.13. The molecule has 20 heavy (non-hydrogen) atoms. The predicted molar refractivity (Wildman–Crippen MR) is 72.4 cm³/mol. The fourth-order valence-corrected chi connectivity index (χ4v) is 1.73. The highest BCUT2D eigenvalue weighted by molar-refractivity contribution is 5.36. The van der Waals surface area contributed by atoms with E-state index in [1.807, 2.05) is 6.07 Å². The van der Waals surface area contributed by atoms with Gasteiger partial charge in [-0.15, -0.1) is 0 Å². The Morgan fingerprint density at radius 3 is 2.65 bits per heavy atom. The van der Waals surface area contributed by atoms with Gasteiger partial charge in [-0.05, 0) is 18.2 Å². The van der Waals surface area contributed by atoms with Crippen LogP contribution in [0.4, 0.5) is 0 Å². The molecule has 0 atom stereocenters. The molecule has 0 saturated heterocycles. The highest BCUT2D eigenvalue weighted by atomic mass is 16.5. The summed E-state index contributed by atoms with van der Waals surface area (Å²) >= 11 is 0. The van der Waals surface area contributed by atoms with Gasteiger partial charge in [0.25, 0.3) is 5.56 Å². The SMILES string of the molecule is Cn1c(COc2cccc(C#N)c2)cc(=O)n(C)c1=O. The minimum Gasteiger partial charge on any atom is -0.487 e. The van der Waals surface area contributed by atoms with Crippen molar-refractivity contribution in [3.05, 3.63) is 62.4 Å². The molecule has 0 N–H and O–H groups in total. The molecule has 1 aromatic heterocycles. The Balaban J connectivity index is 2.26. The fourth-order valence-electron chi connectivity index (χ4n) is 1.73. The van der Waals surface area contributed by atoms with Gasteiger partial charge >= 0.3 is 5.69 Å². The van der Waals surface area contributed by atoms with E-state index < -0.39 is 5.69 Å². The van der Waals surface area contributed by atoms with Crippen molar-refractivity contribution in [3.63, 3.8) is 0 Å². The van der Waals surface area contributed by atoms with Crippen LogP contribution in [-0.2, 0) is 20.7 Å². The highest BCUT2D eigenvalue weighted by Gasteiger charge is 2.06. The molecule has 0 saturated carbocycles. The molecule has 0 bridgehead atoms. The summed E-state index contributed by atoms with van der Waals surface area (Å²) in [5.74, 6) is 0.511. The van der Waals surface area contributed by atoms with Crippen molar-refractivity contribution in [1.82, 2.24) is 9.13 Å². The van der Waals surface area contributed by atoms with Gasteiger partial charge in [0.15, 0.2) is 0 Å². The lowest BCUT2D eigenvalue weighted by Crippen LogP contribution is -2.38. The van der Waals surface area contributed by atoms with Crippen LogP contribution in [0.3, 0.4) is 0 Å². The van der Waals surface area contributed by atoms with E-state index in [9.17, 15) is 9.59 Å². The summed E-state index contributed by atoms with van der Waals surface area (Å²) in [7, 11) is 3.00. The van der Waals surface area contributed by atoms with Crippen LogP contribution in [0.25, 0.3) is 0 Å². The van der Waals surface area contributed by atoms with Gasteiger partial charge in [-0.2, -0.15) is 5.26 Å². The van der Waals surface area contributed by atoms with Crippen LogP contribution >= 0.6 is 0 Å². The molecule has 0 aliphatic rings. The molecule has 0 unspecified atom stereocenters. The van der Waals surface area contributed by atoms with E-state index in [1.165, 1.54) is 17.7 Å². The molecule has 6 heteroatoms. The second kappa shape index (κ2) is 5.45. The van der Waals surface area contributed by atoms with Crippen molar-refractivity contribution in [2.24, 2.45) is 14.1 Å². The molecule has 0 aliphatic heterocycles. The number of nitriles is 1. The van der Waals surface area contributed by atoms with Crippen molar-refractivity contribution < 1.29 is 4.74 Å². The van der Waals surface area contributed by atoms with Gasteiger partial charge in [-0.25, -0.2) is 4.79 Å². The van der Waals surface area contributed by atoms with Crippen LogP contribution in [0.5, 0.6) is 5.75 Å². The van der Waals surface area contributed by atoms with E-state index in [2.05, 4.69) is 0 Å². The summed E-state index contributed by atoms with van der Waals surface area (Å²) in [5.41, 5.74) is 0.181. The van der Waals surface area contributed by atoms with E-state index in [4.69, 9.17) is 10.00 Å². The zero-order valence-corrected chi connectivity index (χ0v) is 11.2. The number of nitrogens with zero attached hydrogens (tertiary/aromatic N) is 3. The molecular formula is C14H13N3O3. The van der Waals surface area contributed by atoms with E-state index in [-0.39, 0.29) is 12.2 Å². The van der Waals surface area contributed by atoms with Gasteiger partial charge in [0.1, 0.15) is 12.4 Å². The van der Waals surface area contributed by atoms with E-state index >= 15 is 0 Å². The lowest BCUT2D eigenvalue weighted by Gasteiger charge is -2.11. The molecule has 0 radical (unpaired) electrons. The molecule has 2 rings (SSSR count). The van der Waals surface area contributed by atoms with Gasteiger partial charge in [0.2, 0.25) is 0 Å². The Kier molecular flexibility index (Phi) is 3.71. The Hall–Kier alpha value is -2.81. The first-order valence-electron chi connectivity index (χ1n) is 5.92. The molecule has 0 spiro atoms. The smallest absolute Gasteiger partial charge is 0.330 e. The van der Waals surface area contributed by atoms with Gasteiger partial charge in [0.05, 0.1) is 17.3 Å². The summed E-state index contributed by atoms with van der Waals surface area (Å²) < 4.78 is 7.89. The maximum absolute atomic E-state index is 11.7. The minimum absolute atomic E-state index is 0.0801. The van der Waals surface area contributed by atoms with E-state index in [0.29, 0.717) is 17.0 Å². The minimum atomic E-state index is -0.401. The zero-order valence-electron chi connectivity index (χ0n) is 11.2. The molecule has 2 aromatic rings. The van der Waals surface area contributed by atoms with Crippen LogP contribution in [0.2, 0.25) is 0 Å². The van der Waals surface area contributed by atoms with Crippen molar-refractivity contribution in [2.45, 2.75) is 6.61 Å². The van der Waals surface area contributed by atoms with Crippen LogP contribution < -0.4 is 16.0 Å². The first-order valence-corrected chi connectivity index (χ1v) is 5.92. The van der Waals surface area contributed by atoms with Crippen molar-refractivity contribution in [1.29, 1.82) is 5.26 Å². The largest absolute Gasteiger partial charge is 0.487 e. The summed E-state index contributed by atoms with van der Waals surface area (Å²) in [4.78, 5) is 23.3. The standard InChI is InChI=1S/C14H13N3O3/c1-16-11(7-13(18)17(2)14(16)19)9-20-12-5-3-4-10(6-12)8-15/h3-7H,9H2,1-2H3. The van der Waals surface area contributed by atoms with E-state index in [0.717, 1.165) is 4.57 Å². The summed E-state index contributed by atoms with van der Waals surface area (Å²) in [6.07, 6.45) is 0. The maximum Gasteiger partial charge on any atom is 0.330 e. The molecule has 6 nitrogen and oxygen atoms in total. The lowest BCUT2D eigenvalue weighted by atomic mass is 10.2. The molecule has 102 valence electrons. The quantitative estimate of drug-likeness (QED) is 0.816. The van der Waals surface area contributed by atoms with Gasteiger partial charge < -0.3 is 4.74 Å². The Bertz CT molecular complexity index is 797. The second-order valence-corrected chi connectivity index (χ2v) is 4.30. The first kappa shape index (κ1) is 13.6. The Morgan fingerprint density at radius 2 is 1.95 bits per heavy atom. The molecule has 1 aromatic carbocycles. The summed E-state index contributed by atoms with van der Waals surface area (Å²) in [6, 6.07) is 10.0. The average molecular weight is 271 g/mol. The number of rotatable bonds is 3. The topological polar surface area (TPSA) is 77.0 Å². The van der Waals surface area contributed by atoms with Gasteiger partial charge in [-0.3, -0.25) is 13.9 Å². The number of aromatic nitrogens is 2. The van der Waals surface area contributed by atoms with E-state index in [1.54, 1.807) is 31.3 Å². The normalized spacial score (nSPS) is 10.1. The second-order valence-electron chi connectivity index (χ2n) is 4.30. The summed E-state index contributed by atoms with van der Waals surface area (Å²) in [5, 5.41) is 8.80. The van der Waals surface area contributed by atoms with Crippen LogP contribution in [0.1, 0.15) is 11.3 Å². The van der Waals surface area contributed by atoms with Crippen molar-refractivity contribution in [2.75, 3.05) is 0 Å². The van der Waals surface area contributed by atoms with Gasteiger partial charge in [-0.1, -0.05) is 6.07 Å². The monoisotopic (exact) mass is 271 g/mol. The van der Waals surface area contributed by atoms with Crippen LogP contribution in [0.15, 0.2) is 39.9 Å². The van der Waals surface area contributed by atoms with Crippen LogP contribution in [0, 0.1) is 11.3 Å². The average Bonchev–Trinajstić information content (AvgIpc) is 2.47. The first-order chi connectivity index (χ1) is 9.52. The number of hydrogen-bond acceptors (Lipinski definition) is 4. The maximum atomic E-state index is 11.7. The molecule has 0 aliphatic carbocycles. The van der Waals surface area contributed by atoms with Crippen molar-refractivity contribution >= 4 is 0 Å². The third kappa shape index (κ3) is 2.62.